The van der Waals surface area contributed by atoms with Crippen LogP contribution in [0.4, 0.5) is 11.5 Å². The number of rotatable bonds is 4. The van der Waals surface area contributed by atoms with Crippen LogP contribution in [-0.4, -0.2) is 34.2 Å². The molecule has 1 amide bonds. The molecule has 0 radical (unpaired) electrons. The number of hydrogen-bond donors (Lipinski definition) is 1. The van der Waals surface area contributed by atoms with Gasteiger partial charge in [-0.2, -0.15) is 0 Å². The van der Waals surface area contributed by atoms with Crippen molar-refractivity contribution < 1.29 is 4.79 Å². The first-order chi connectivity index (χ1) is 15.3. The van der Waals surface area contributed by atoms with Crippen LogP contribution in [0.25, 0.3) is 22.2 Å². The summed E-state index contributed by atoms with van der Waals surface area (Å²) in [5.74, 6) is 0.708. The fourth-order valence-corrected chi connectivity index (χ4v) is 3.88. The maximum absolute atomic E-state index is 12.6. The Morgan fingerprint density at radius 1 is 0.806 bits per heavy atom. The van der Waals surface area contributed by atoms with Crippen LogP contribution in [0.15, 0.2) is 72.8 Å². The van der Waals surface area contributed by atoms with Crippen LogP contribution in [0.5, 0.6) is 0 Å². The zero-order valence-electron chi connectivity index (χ0n) is 17.2. The fourth-order valence-electron chi connectivity index (χ4n) is 3.88. The van der Waals surface area contributed by atoms with Gasteiger partial charge in [-0.3, -0.25) is 4.79 Å². The lowest BCUT2D eigenvalue weighted by molar-refractivity contribution is 0.102. The highest BCUT2D eigenvalue weighted by Crippen LogP contribution is 2.22. The number of carbonyl (C=O) groups excluding carboxylic acids is 1. The van der Waals surface area contributed by atoms with E-state index in [1.54, 1.807) is 6.07 Å². The van der Waals surface area contributed by atoms with Gasteiger partial charge < -0.3 is 10.2 Å². The van der Waals surface area contributed by atoms with Crippen molar-refractivity contribution in [2.45, 2.75) is 19.3 Å². The van der Waals surface area contributed by atoms with Gasteiger partial charge in [-0.1, -0.05) is 36.4 Å². The molecular weight excluding hydrogens is 386 g/mol. The second-order valence-electron chi connectivity index (χ2n) is 7.75. The Morgan fingerprint density at radius 3 is 2.39 bits per heavy atom. The van der Waals surface area contributed by atoms with E-state index in [1.807, 2.05) is 66.7 Å². The zero-order valence-corrected chi connectivity index (χ0v) is 17.2. The fraction of sp³-hybridized carbons (Fsp3) is 0.200. The van der Waals surface area contributed by atoms with Gasteiger partial charge in [-0.05, 0) is 55.7 Å². The number of para-hydroxylation sites is 1. The normalized spacial score (nSPS) is 13.9. The van der Waals surface area contributed by atoms with Gasteiger partial charge in [0.2, 0.25) is 0 Å². The van der Waals surface area contributed by atoms with Gasteiger partial charge in [0.15, 0.2) is 5.82 Å². The van der Waals surface area contributed by atoms with E-state index in [1.165, 1.54) is 19.3 Å². The van der Waals surface area contributed by atoms with Crippen LogP contribution in [0.3, 0.4) is 0 Å². The summed E-state index contributed by atoms with van der Waals surface area (Å²) in [5.41, 5.74) is 3.68. The average Bonchev–Trinajstić information content (AvgIpc) is 2.85. The van der Waals surface area contributed by atoms with E-state index >= 15 is 0 Å². The third kappa shape index (κ3) is 4.23. The van der Waals surface area contributed by atoms with E-state index in [2.05, 4.69) is 25.4 Å². The Kier molecular flexibility index (Phi) is 5.27. The Labute approximate surface area is 181 Å². The number of pyridine rings is 1. The molecular formula is C25H23N5O. The summed E-state index contributed by atoms with van der Waals surface area (Å²) in [6, 6.07) is 23.1. The minimum atomic E-state index is -0.232. The number of carbonyl (C=O) groups is 1. The quantitative estimate of drug-likeness (QED) is 0.517. The van der Waals surface area contributed by atoms with Crippen molar-refractivity contribution in [2.24, 2.45) is 0 Å². The molecule has 2 aromatic heterocycles. The standard InChI is InChI=1S/C25H23N5O/c31-25(23-13-10-18-6-2-3-7-21(18)27-23)26-20-11-8-19(9-12-20)22-14-15-24(29-28-22)30-16-4-1-5-17-30/h2-3,6-15H,1,4-5,16-17H2,(H,26,31). The van der Waals surface area contributed by atoms with Crippen LogP contribution in [0.1, 0.15) is 29.8 Å². The molecule has 4 aromatic rings. The summed E-state index contributed by atoms with van der Waals surface area (Å²) in [7, 11) is 0. The average molecular weight is 409 g/mol. The molecule has 0 bridgehead atoms. The van der Waals surface area contributed by atoms with E-state index in [0.29, 0.717) is 11.4 Å². The van der Waals surface area contributed by atoms with Crippen molar-refractivity contribution in [3.05, 3.63) is 78.5 Å². The number of aromatic nitrogens is 3. The van der Waals surface area contributed by atoms with Crippen LogP contribution in [0.2, 0.25) is 0 Å². The van der Waals surface area contributed by atoms with Gasteiger partial charge in [0.05, 0.1) is 11.2 Å². The van der Waals surface area contributed by atoms with Crippen molar-refractivity contribution in [3.63, 3.8) is 0 Å². The molecule has 1 saturated heterocycles. The smallest absolute Gasteiger partial charge is 0.274 e. The Balaban J connectivity index is 1.27. The highest BCUT2D eigenvalue weighted by molar-refractivity contribution is 6.04. The Bertz CT molecular complexity index is 1200. The van der Waals surface area contributed by atoms with Crippen LogP contribution >= 0.6 is 0 Å². The van der Waals surface area contributed by atoms with E-state index in [4.69, 9.17) is 0 Å². The molecule has 31 heavy (non-hydrogen) atoms. The molecule has 2 aromatic carbocycles. The minimum absolute atomic E-state index is 0.232. The molecule has 1 aliphatic heterocycles. The lowest BCUT2D eigenvalue weighted by Gasteiger charge is -2.27. The number of anilines is 2. The second kappa shape index (κ2) is 8.52. The van der Waals surface area contributed by atoms with Crippen LogP contribution < -0.4 is 10.2 Å². The first-order valence-electron chi connectivity index (χ1n) is 10.6. The number of fused-ring (bicyclic) bond motifs is 1. The Morgan fingerprint density at radius 2 is 1.61 bits per heavy atom. The van der Waals surface area contributed by atoms with Crippen molar-refractivity contribution in [1.29, 1.82) is 0 Å². The van der Waals surface area contributed by atoms with Gasteiger partial charge in [-0.15, -0.1) is 10.2 Å². The number of benzene rings is 2. The van der Waals surface area contributed by atoms with Gasteiger partial charge >= 0.3 is 0 Å². The third-order valence-electron chi connectivity index (χ3n) is 5.60. The molecule has 3 heterocycles. The minimum Gasteiger partial charge on any atom is -0.355 e. The maximum atomic E-state index is 12.6. The molecule has 6 nitrogen and oxygen atoms in total. The van der Waals surface area contributed by atoms with Gasteiger partial charge in [0.25, 0.3) is 5.91 Å². The van der Waals surface area contributed by atoms with Crippen molar-refractivity contribution in [3.8, 4) is 11.3 Å². The molecule has 0 saturated carbocycles. The molecule has 0 atom stereocenters. The lowest BCUT2D eigenvalue weighted by atomic mass is 10.1. The SMILES string of the molecule is O=C(Nc1ccc(-c2ccc(N3CCCCC3)nn2)cc1)c1ccc2ccccc2n1. The molecule has 0 spiro atoms. The zero-order chi connectivity index (χ0) is 21.0. The summed E-state index contributed by atoms with van der Waals surface area (Å²) in [6.45, 7) is 2.10. The topological polar surface area (TPSA) is 71.0 Å². The molecule has 154 valence electrons. The third-order valence-corrected chi connectivity index (χ3v) is 5.60. The summed E-state index contributed by atoms with van der Waals surface area (Å²) in [6.07, 6.45) is 3.72. The molecule has 1 N–H and O–H groups in total. The van der Waals surface area contributed by atoms with Crippen molar-refractivity contribution in [2.75, 3.05) is 23.3 Å². The van der Waals surface area contributed by atoms with Gasteiger partial charge in [0.1, 0.15) is 5.69 Å². The number of piperidine rings is 1. The monoisotopic (exact) mass is 409 g/mol. The molecule has 6 heteroatoms. The lowest BCUT2D eigenvalue weighted by Crippen LogP contribution is -2.30. The number of hydrogen-bond acceptors (Lipinski definition) is 5. The second-order valence-corrected chi connectivity index (χ2v) is 7.75. The predicted molar refractivity (Wildman–Crippen MR) is 123 cm³/mol. The largest absolute Gasteiger partial charge is 0.355 e. The number of amides is 1. The van der Waals surface area contributed by atoms with Crippen LogP contribution in [0, 0.1) is 0 Å². The first-order valence-corrected chi connectivity index (χ1v) is 10.6. The van der Waals surface area contributed by atoms with E-state index < -0.39 is 0 Å². The summed E-state index contributed by atoms with van der Waals surface area (Å²) in [5, 5.41) is 12.7. The van der Waals surface area contributed by atoms with E-state index in [9.17, 15) is 4.79 Å². The number of nitrogens with zero attached hydrogens (tertiary/aromatic N) is 4. The molecule has 0 aliphatic carbocycles. The molecule has 1 fully saturated rings. The summed E-state index contributed by atoms with van der Waals surface area (Å²) in [4.78, 5) is 19.3. The maximum Gasteiger partial charge on any atom is 0.274 e. The van der Waals surface area contributed by atoms with Crippen molar-refractivity contribution in [1.82, 2.24) is 15.2 Å². The molecule has 5 rings (SSSR count). The first kappa shape index (κ1) is 19.2. The van der Waals surface area contributed by atoms with Gasteiger partial charge in [0, 0.05) is 29.7 Å². The number of nitrogens with one attached hydrogen (secondary N) is 1. The van der Waals surface area contributed by atoms with Crippen LogP contribution in [-0.2, 0) is 0 Å². The predicted octanol–water partition coefficient (Wildman–Crippen LogP) is 4.93. The molecule has 1 aliphatic rings. The summed E-state index contributed by atoms with van der Waals surface area (Å²) >= 11 is 0. The van der Waals surface area contributed by atoms with Gasteiger partial charge in [-0.25, -0.2) is 4.98 Å². The highest BCUT2D eigenvalue weighted by Gasteiger charge is 2.13. The summed E-state index contributed by atoms with van der Waals surface area (Å²) < 4.78 is 0. The highest BCUT2D eigenvalue weighted by atomic mass is 16.1. The Hall–Kier alpha value is -3.80. The molecule has 0 unspecified atom stereocenters. The van der Waals surface area contributed by atoms with E-state index in [-0.39, 0.29) is 5.91 Å². The van der Waals surface area contributed by atoms with Crippen molar-refractivity contribution >= 4 is 28.3 Å². The van der Waals surface area contributed by atoms with E-state index in [0.717, 1.165) is 41.1 Å².